The molecule has 0 spiro atoms. The zero-order chi connectivity index (χ0) is 17.8. The van der Waals surface area contributed by atoms with Crippen molar-refractivity contribution in [2.75, 3.05) is 7.11 Å². The molecule has 0 aromatic heterocycles. The predicted octanol–water partition coefficient (Wildman–Crippen LogP) is 4.15. The van der Waals surface area contributed by atoms with Crippen LogP contribution in [0.4, 0.5) is 0 Å². The minimum atomic E-state index is -3.80. The molecule has 1 atom stereocenters. The lowest BCUT2D eigenvalue weighted by atomic mass is 9.99. The molecule has 0 amide bonds. The molecular weight excluding hydrogens is 360 g/mol. The quantitative estimate of drug-likeness (QED) is 0.753. The first-order valence-electron chi connectivity index (χ1n) is 8.31. The second-order valence-corrected chi connectivity index (χ2v) is 8.72. The highest BCUT2D eigenvalue weighted by molar-refractivity contribution is 7.86. The van der Waals surface area contributed by atoms with Crippen LogP contribution in [0, 0.1) is 6.92 Å². The first-order valence-corrected chi connectivity index (χ1v) is 10.1. The summed E-state index contributed by atoms with van der Waals surface area (Å²) in [5, 5.41) is 0.796. The number of hydrogen-bond donors (Lipinski definition) is 0. The normalized spacial score (nSPS) is 18.8. The highest BCUT2D eigenvalue weighted by Crippen LogP contribution is 2.46. The molecule has 4 rings (SSSR count). The molecule has 25 heavy (non-hydrogen) atoms. The van der Waals surface area contributed by atoms with Crippen molar-refractivity contribution in [1.29, 1.82) is 0 Å². The maximum Gasteiger partial charge on any atom is 0.297 e. The Labute approximate surface area is 152 Å². The van der Waals surface area contributed by atoms with E-state index in [2.05, 4.69) is 0 Å². The fraction of sp³-hybridized carbons (Fsp3) is 0.368. The first-order chi connectivity index (χ1) is 11.9. The van der Waals surface area contributed by atoms with Gasteiger partial charge < -0.3 is 4.74 Å². The Morgan fingerprint density at radius 3 is 2.72 bits per heavy atom. The van der Waals surface area contributed by atoms with Gasteiger partial charge in [-0.1, -0.05) is 29.3 Å². The average molecular weight is 379 g/mol. The van der Waals surface area contributed by atoms with Gasteiger partial charge in [-0.2, -0.15) is 8.42 Å². The van der Waals surface area contributed by atoms with E-state index in [-0.39, 0.29) is 11.0 Å². The molecule has 4 nitrogen and oxygen atoms in total. The Hall–Kier alpha value is -1.56. The van der Waals surface area contributed by atoms with Crippen molar-refractivity contribution in [3.8, 4) is 5.75 Å². The molecule has 0 bridgehead atoms. The molecule has 1 aliphatic heterocycles. The summed E-state index contributed by atoms with van der Waals surface area (Å²) in [7, 11) is -2.62. The van der Waals surface area contributed by atoms with Crippen LogP contribution in [-0.4, -0.2) is 15.5 Å². The van der Waals surface area contributed by atoms with Gasteiger partial charge in [0.15, 0.2) is 0 Å². The van der Waals surface area contributed by atoms with Crippen LogP contribution in [0.3, 0.4) is 0 Å². The van der Waals surface area contributed by atoms with Crippen molar-refractivity contribution < 1.29 is 17.3 Å². The number of ether oxygens (including phenoxy) is 1. The number of benzene rings is 2. The van der Waals surface area contributed by atoms with Crippen LogP contribution in [0.15, 0.2) is 29.2 Å². The summed E-state index contributed by atoms with van der Waals surface area (Å²) in [6.45, 7) is 1.93. The molecular formula is C19H19ClO4S. The summed E-state index contributed by atoms with van der Waals surface area (Å²) in [6, 6.07) is 7.20. The molecule has 0 fully saturated rings. The average Bonchev–Trinajstić information content (AvgIpc) is 3.21. The van der Waals surface area contributed by atoms with E-state index < -0.39 is 10.1 Å². The van der Waals surface area contributed by atoms with Crippen molar-refractivity contribution in [2.24, 2.45) is 0 Å². The van der Waals surface area contributed by atoms with Gasteiger partial charge >= 0.3 is 0 Å². The van der Waals surface area contributed by atoms with E-state index in [4.69, 9.17) is 20.5 Å². The van der Waals surface area contributed by atoms with Crippen molar-refractivity contribution >= 4 is 21.7 Å². The van der Waals surface area contributed by atoms with Crippen LogP contribution in [0.5, 0.6) is 5.75 Å². The predicted molar refractivity (Wildman–Crippen MR) is 95.9 cm³/mol. The van der Waals surface area contributed by atoms with E-state index in [1.807, 2.05) is 19.1 Å². The first kappa shape index (κ1) is 16.9. The zero-order valence-electron chi connectivity index (χ0n) is 14.1. The fourth-order valence-electron chi connectivity index (χ4n) is 3.85. The topological polar surface area (TPSA) is 52.6 Å². The minimum absolute atomic E-state index is 0.168. The van der Waals surface area contributed by atoms with Gasteiger partial charge in [-0.15, -0.1) is 0 Å². The van der Waals surface area contributed by atoms with E-state index in [0.29, 0.717) is 12.0 Å². The van der Waals surface area contributed by atoms with Crippen molar-refractivity contribution in [3.63, 3.8) is 0 Å². The van der Waals surface area contributed by atoms with Crippen LogP contribution in [-0.2, 0) is 33.6 Å². The summed E-state index contributed by atoms with van der Waals surface area (Å²) in [5.41, 5.74) is 5.04. The van der Waals surface area contributed by atoms with Crippen molar-refractivity contribution in [2.45, 2.75) is 43.6 Å². The summed E-state index contributed by atoms with van der Waals surface area (Å²) in [5.74, 6) is 0.893. The summed E-state index contributed by atoms with van der Waals surface area (Å²) in [4.78, 5) is 0.168. The summed E-state index contributed by atoms with van der Waals surface area (Å²) >= 11 is 6.43. The van der Waals surface area contributed by atoms with E-state index >= 15 is 0 Å². The molecule has 2 aromatic carbocycles. The van der Waals surface area contributed by atoms with Gasteiger partial charge in [0.25, 0.3) is 10.1 Å². The second kappa shape index (κ2) is 6.01. The molecule has 6 heteroatoms. The summed E-state index contributed by atoms with van der Waals surface area (Å²) < 4.78 is 35.6. The third-order valence-electron chi connectivity index (χ3n) is 5.04. The molecule has 0 N–H and O–H groups in total. The Balaban J connectivity index is 1.80. The van der Waals surface area contributed by atoms with Gasteiger partial charge in [-0.05, 0) is 55.0 Å². The fourth-order valence-corrected chi connectivity index (χ4v) is 5.08. The van der Waals surface area contributed by atoms with E-state index in [9.17, 15) is 8.42 Å². The Bertz CT molecular complexity index is 966. The lowest BCUT2D eigenvalue weighted by molar-refractivity contribution is 0.232. The molecule has 2 aromatic rings. The molecule has 1 unspecified atom stereocenters. The molecule has 0 radical (unpaired) electrons. The summed E-state index contributed by atoms with van der Waals surface area (Å²) in [6.07, 6.45) is 3.27. The van der Waals surface area contributed by atoms with Gasteiger partial charge in [0, 0.05) is 17.0 Å². The third kappa shape index (κ3) is 2.75. The van der Waals surface area contributed by atoms with Gasteiger partial charge in [0.1, 0.15) is 16.7 Å². The number of hydrogen-bond acceptors (Lipinski definition) is 4. The van der Waals surface area contributed by atoms with E-state index in [0.717, 1.165) is 41.2 Å². The Morgan fingerprint density at radius 2 is 1.96 bits per heavy atom. The number of rotatable bonds is 3. The number of halogens is 1. The molecule has 1 aliphatic carbocycles. The van der Waals surface area contributed by atoms with Crippen LogP contribution in [0.2, 0.25) is 5.02 Å². The van der Waals surface area contributed by atoms with Crippen LogP contribution in [0.1, 0.15) is 40.3 Å². The van der Waals surface area contributed by atoms with Gasteiger partial charge in [0.05, 0.1) is 7.11 Å². The second-order valence-electron chi connectivity index (χ2n) is 6.63. The monoisotopic (exact) mass is 378 g/mol. The molecule has 0 saturated heterocycles. The highest BCUT2D eigenvalue weighted by Gasteiger charge is 2.34. The molecule has 132 valence electrons. The minimum Gasteiger partial charge on any atom is -0.485 e. The molecule has 0 saturated carbocycles. The van der Waals surface area contributed by atoms with E-state index in [1.165, 1.54) is 18.2 Å². The third-order valence-corrected chi connectivity index (χ3v) is 6.73. The standard InChI is InChI=1S/C19H19ClO4S/c1-11-6-7-18(25(21,22)23-2)15(8-11)17-10-12-9-16(20)13-4-3-5-14(13)19(12)24-17/h6-9,17H,3-5,10H2,1-2H3. The van der Waals surface area contributed by atoms with Crippen molar-refractivity contribution in [1.82, 2.24) is 0 Å². The Morgan fingerprint density at radius 1 is 1.20 bits per heavy atom. The maximum atomic E-state index is 12.3. The Kier molecular flexibility index (Phi) is 4.06. The lowest BCUT2D eigenvalue weighted by Gasteiger charge is -2.17. The van der Waals surface area contributed by atoms with Crippen LogP contribution >= 0.6 is 11.6 Å². The number of aryl methyl sites for hydroxylation is 1. The largest absolute Gasteiger partial charge is 0.485 e. The van der Waals surface area contributed by atoms with Crippen LogP contribution < -0.4 is 4.74 Å². The van der Waals surface area contributed by atoms with E-state index in [1.54, 1.807) is 12.1 Å². The van der Waals surface area contributed by atoms with Gasteiger partial charge in [-0.25, -0.2) is 0 Å². The highest BCUT2D eigenvalue weighted by atomic mass is 35.5. The molecule has 2 aliphatic rings. The number of fused-ring (bicyclic) bond motifs is 3. The smallest absolute Gasteiger partial charge is 0.297 e. The van der Waals surface area contributed by atoms with Crippen LogP contribution in [0.25, 0.3) is 0 Å². The van der Waals surface area contributed by atoms with Gasteiger partial charge in [-0.3, -0.25) is 4.18 Å². The lowest BCUT2D eigenvalue weighted by Crippen LogP contribution is -2.12. The zero-order valence-corrected chi connectivity index (χ0v) is 15.7. The van der Waals surface area contributed by atoms with Crippen molar-refractivity contribution in [3.05, 3.63) is 57.1 Å². The molecule has 1 heterocycles. The maximum absolute atomic E-state index is 12.3. The van der Waals surface area contributed by atoms with Gasteiger partial charge in [0.2, 0.25) is 0 Å². The SMILES string of the molecule is COS(=O)(=O)c1ccc(C)cc1C1Cc2cc(Cl)c3c(c2O1)CCC3.